The fourth-order valence-corrected chi connectivity index (χ4v) is 3.61. The quantitative estimate of drug-likeness (QED) is 0.540. The molecule has 1 aromatic heterocycles. The molecule has 2 heterocycles. The van der Waals surface area contributed by atoms with Crippen molar-refractivity contribution in [2.75, 3.05) is 38.2 Å². The molecule has 0 radical (unpaired) electrons. The van der Waals surface area contributed by atoms with Gasteiger partial charge in [-0.25, -0.2) is 13.2 Å². The van der Waals surface area contributed by atoms with Crippen LogP contribution in [-0.2, 0) is 17.6 Å². The van der Waals surface area contributed by atoms with Crippen molar-refractivity contribution in [2.24, 2.45) is 0 Å². The number of halogens is 3. The molecule has 1 aliphatic heterocycles. The monoisotopic (exact) mass is 446 g/mol. The second-order valence-corrected chi connectivity index (χ2v) is 7.64. The van der Waals surface area contributed by atoms with E-state index in [2.05, 4.69) is 20.4 Å². The molecule has 0 bridgehead atoms. The largest absolute Gasteiger partial charge is 0.421 e. The molecule has 1 saturated heterocycles. The van der Waals surface area contributed by atoms with Gasteiger partial charge in [0.15, 0.2) is 11.6 Å². The highest BCUT2D eigenvalue weighted by atomic mass is 19.2. The van der Waals surface area contributed by atoms with Crippen LogP contribution in [0.2, 0.25) is 0 Å². The number of ether oxygens (including phenoxy) is 1. The molecule has 9 heteroatoms. The second kappa shape index (κ2) is 10.1. The van der Waals surface area contributed by atoms with Crippen LogP contribution in [0, 0.1) is 17.5 Å². The normalized spacial score (nSPS) is 14.6. The number of hydrogen-bond donors (Lipinski definition) is 1. The van der Waals surface area contributed by atoms with E-state index in [1.165, 1.54) is 18.2 Å². The fraction of sp³-hybridized carbons (Fsp3) is 0.391. The second-order valence-electron chi connectivity index (χ2n) is 7.64. The third-order valence-electron chi connectivity index (χ3n) is 5.46. The number of anilines is 2. The molecule has 0 aliphatic carbocycles. The minimum absolute atomic E-state index is 0.0261. The van der Waals surface area contributed by atoms with Crippen LogP contribution in [0.25, 0.3) is 11.5 Å². The van der Waals surface area contributed by atoms with E-state index in [4.69, 9.17) is 9.15 Å². The maximum atomic E-state index is 14.7. The van der Waals surface area contributed by atoms with Gasteiger partial charge in [0.2, 0.25) is 11.8 Å². The summed E-state index contributed by atoms with van der Waals surface area (Å²) in [6.45, 7) is 6.05. The van der Waals surface area contributed by atoms with Crippen LogP contribution in [0.15, 0.2) is 34.7 Å². The van der Waals surface area contributed by atoms with Gasteiger partial charge >= 0.3 is 0 Å². The van der Waals surface area contributed by atoms with Crippen LogP contribution in [0.4, 0.5) is 24.5 Å². The van der Waals surface area contributed by atoms with Gasteiger partial charge in [-0.1, -0.05) is 13.0 Å². The number of aryl methyl sites for hydroxylation is 2. The van der Waals surface area contributed by atoms with E-state index in [1.54, 1.807) is 6.07 Å². The molecule has 0 spiro atoms. The highest BCUT2D eigenvalue weighted by Gasteiger charge is 2.21. The molecular formula is C23H25F3N4O2. The van der Waals surface area contributed by atoms with Crippen molar-refractivity contribution in [1.82, 2.24) is 15.1 Å². The Morgan fingerprint density at radius 1 is 1.03 bits per heavy atom. The van der Waals surface area contributed by atoms with Gasteiger partial charge in [-0.2, -0.15) is 0 Å². The van der Waals surface area contributed by atoms with Gasteiger partial charge in [-0.3, -0.25) is 4.90 Å². The molecule has 0 amide bonds. The zero-order valence-electron chi connectivity index (χ0n) is 17.8. The fourth-order valence-electron chi connectivity index (χ4n) is 3.61. The number of morpholine rings is 1. The average Bonchev–Trinajstić information content (AvgIpc) is 3.27. The van der Waals surface area contributed by atoms with Gasteiger partial charge < -0.3 is 14.5 Å². The third-order valence-corrected chi connectivity index (χ3v) is 5.46. The van der Waals surface area contributed by atoms with E-state index in [-0.39, 0.29) is 22.8 Å². The summed E-state index contributed by atoms with van der Waals surface area (Å²) >= 11 is 0. The Morgan fingerprint density at radius 2 is 1.84 bits per heavy atom. The molecule has 32 heavy (non-hydrogen) atoms. The Bertz CT molecular complexity index is 1070. The molecule has 6 nitrogen and oxygen atoms in total. The number of aromatic nitrogens is 2. The molecule has 1 aliphatic rings. The summed E-state index contributed by atoms with van der Waals surface area (Å²) in [4.78, 5) is 2.30. The van der Waals surface area contributed by atoms with Gasteiger partial charge in [0.05, 0.1) is 30.2 Å². The molecule has 4 rings (SSSR count). The molecule has 1 N–H and O–H groups in total. The number of hydrogen-bond acceptors (Lipinski definition) is 6. The summed E-state index contributed by atoms with van der Waals surface area (Å²) < 4.78 is 54.1. The Kier molecular flexibility index (Phi) is 7.06. The minimum Gasteiger partial charge on any atom is -0.421 e. The SMILES string of the molecule is CCc1ccc(Nc2c(-c3nnc(CCCN4CCOCC4)o3)ccc(F)c2F)c(F)c1. The minimum atomic E-state index is -1.14. The maximum Gasteiger partial charge on any atom is 0.249 e. The Balaban J connectivity index is 1.52. The lowest BCUT2D eigenvalue weighted by molar-refractivity contribution is 0.0373. The topological polar surface area (TPSA) is 63.4 Å². The van der Waals surface area contributed by atoms with E-state index >= 15 is 0 Å². The summed E-state index contributed by atoms with van der Waals surface area (Å²) in [7, 11) is 0. The van der Waals surface area contributed by atoms with Crippen molar-refractivity contribution in [3.05, 3.63) is 59.2 Å². The summed E-state index contributed by atoms with van der Waals surface area (Å²) in [6.07, 6.45) is 2.04. The predicted octanol–water partition coefficient (Wildman–Crippen LogP) is 4.72. The van der Waals surface area contributed by atoms with Crippen molar-refractivity contribution in [2.45, 2.75) is 26.2 Å². The maximum absolute atomic E-state index is 14.7. The van der Waals surface area contributed by atoms with Gasteiger partial charge in [-0.15, -0.1) is 10.2 Å². The molecule has 2 aromatic carbocycles. The van der Waals surface area contributed by atoms with Crippen LogP contribution < -0.4 is 5.32 Å². The molecule has 0 atom stereocenters. The van der Waals surface area contributed by atoms with Crippen molar-refractivity contribution in [3.63, 3.8) is 0 Å². The number of nitrogens with zero attached hydrogens (tertiary/aromatic N) is 3. The summed E-state index contributed by atoms with van der Waals surface area (Å²) in [5, 5.41) is 10.7. The first-order valence-corrected chi connectivity index (χ1v) is 10.7. The zero-order chi connectivity index (χ0) is 22.5. The Hall–Kier alpha value is -2.91. The molecular weight excluding hydrogens is 421 g/mol. The molecule has 3 aromatic rings. The van der Waals surface area contributed by atoms with Crippen LogP contribution in [0.1, 0.15) is 24.8 Å². The van der Waals surface area contributed by atoms with Crippen LogP contribution in [0.3, 0.4) is 0 Å². The zero-order valence-corrected chi connectivity index (χ0v) is 17.8. The van der Waals surface area contributed by atoms with Crippen LogP contribution in [0.5, 0.6) is 0 Å². The Labute approximate surface area is 184 Å². The van der Waals surface area contributed by atoms with Crippen molar-refractivity contribution in [3.8, 4) is 11.5 Å². The lowest BCUT2D eigenvalue weighted by Gasteiger charge is -2.26. The number of rotatable bonds is 8. The highest BCUT2D eigenvalue weighted by molar-refractivity contribution is 5.77. The average molecular weight is 446 g/mol. The van der Waals surface area contributed by atoms with Gasteiger partial charge in [0, 0.05) is 19.5 Å². The van der Waals surface area contributed by atoms with Gasteiger partial charge in [0.1, 0.15) is 5.82 Å². The van der Waals surface area contributed by atoms with Gasteiger partial charge in [0.25, 0.3) is 0 Å². The third kappa shape index (κ3) is 5.11. The Morgan fingerprint density at radius 3 is 2.59 bits per heavy atom. The molecule has 0 unspecified atom stereocenters. The van der Waals surface area contributed by atoms with Crippen molar-refractivity contribution < 1.29 is 22.3 Å². The molecule has 1 fully saturated rings. The lowest BCUT2D eigenvalue weighted by Crippen LogP contribution is -2.36. The first-order chi connectivity index (χ1) is 15.5. The van der Waals surface area contributed by atoms with Crippen molar-refractivity contribution in [1.29, 1.82) is 0 Å². The lowest BCUT2D eigenvalue weighted by atomic mass is 10.1. The predicted molar refractivity (Wildman–Crippen MR) is 114 cm³/mol. The van der Waals surface area contributed by atoms with E-state index < -0.39 is 17.5 Å². The first-order valence-electron chi connectivity index (χ1n) is 10.7. The van der Waals surface area contributed by atoms with E-state index in [1.807, 2.05) is 6.92 Å². The van der Waals surface area contributed by atoms with E-state index in [0.717, 1.165) is 50.9 Å². The van der Waals surface area contributed by atoms with E-state index in [9.17, 15) is 13.2 Å². The number of nitrogens with one attached hydrogen (secondary N) is 1. The van der Waals surface area contributed by atoms with Crippen LogP contribution >= 0.6 is 0 Å². The molecule has 0 saturated carbocycles. The number of benzene rings is 2. The van der Waals surface area contributed by atoms with Crippen LogP contribution in [-0.4, -0.2) is 47.9 Å². The standard InChI is InChI=1S/C23H25F3N4O2/c1-2-15-5-8-19(18(25)14-15)27-22-16(6-7-17(24)21(22)26)23-29-28-20(32-23)4-3-9-30-10-12-31-13-11-30/h5-8,14,27H,2-4,9-13H2,1H3. The molecule has 170 valence electrons. The van der Waals surface area contributed by atoms with E-state index in [0.29, 0.717) is 18.7 Å². The summed E-state index contributed by atoms with van der Waals surface area (Å²) in [5.41, 5.74) is 0.733. The summed E-state index contributed by atoms with van der Waals surface area (Å²) in [6, 6.07) is 6.89. The smallest absolute Gasteiger partial charge is 0.249 e. The van der Waals surface area contributed by atoms with Crippen molar-refractivity contribution >= 4 is 11.4 Å². The van der Waals surface area contributed by atoms with Gasteiger partial charge in [-0.05, 0) is 49.2 Å². The first kappa shape index (κ1) is 22.3. The summed E-state index contributed by atoms with van der Waals surface area (Å²) in [5.74, 6) is -2.32. The highest BCUT2D eigenvalue weighted by Crippen LogP contribution is 2.34.